The lowest BCUT2D eigenvalue weighted by atomic mass is 9.79. The van der Waals surface area contributed by atoms with Crippen LogP contribution in [0, 0.1) is 5.92 Å². The van der Waals surface area contributed by atoms with E-state index in [2.05, 4.69) is 19.1 Å². The van der Waals surface area contributed by atoms with Crippen LogP contribution < -0.4 is 0 Å². The van der Waals surface area contributed by atoms with Crippen molar-refractivity contribution >= 4 is 0 Å². The fourth-order valence-electron chi connectivity index (χ4n) is 3.50. The Morgan fingerprint density at radius 1 is 1.00 bits per heavy atom. The summed E-state index contributed by atoms with van der Waals surface area (Å²) in [6, 6.07) is 8.12. The molecule has 1 fully saturated rings. The van der Waals surface area contributed by atoms with E-state index in [9.17, 15) is 8.78 Å². The third-order valence-electron chi connectivity index (χ3n) is 5.18. The molecule has 1 unspecified atom stereocenters. The summed E-state index contributed by atoms with van der Waals surface area (Å²) in [6.45, 7) is 3.73. The van der Waals surface area contributed by atoms with Crippen molar-refractivity contribution in [1.29, 1.82) is 0 Å². The maximum Gasteiger partial charge on any atom is 0.379 e. The van der Waals surface area contributed by atoms with E-state index in [-0.39, 0.29) is 5.57 Å². The Morgan fingerprint density at radius 2 is 1.59 bits per heavy atom. The zero-order valence-electron chi connectivity index (χ0n) is 13.3. The summed E-state index contributed by atoms with van der Waals surface area (Å²) in [5, 5.41) is 0. The summed E-state index contributed by atoms with van der Waals surface area (Å²) < 4.78 is 32.3. The average molecular weight is 306 g/mol. The molecule has 0 bridgehead atoms. The first-order valence-corrected chi connectivity index (χ1v) is 8.28. The van der Waals surface area contributed by atoms with Gasteiger partial charge in [0.05, 0.1) is 6.10 Å². The molecule has 1 aromatic rings. The highest BCUT2D eigenvalue weighted by molar-refractivity contribution is 5.28. The van der Waals surface area contributed by atoms with Crippen molar-refractivity contribution in [3.05, 3.63) is 47.0 Å². The van der Waals surface area contributed by atoms with Crippen molar-refractivity contribution in [3.8, 4) is 0 Å². The largest absolute Gasteiger partial charge is 0.379 e. The molecule has 0 aromatic heterocycles. The molecule has 120 valence electrons. The molecule has 1 aromatic carbocycles. The predicted octanol–water partition coefficient (Wildman–Crippen LogP) is 5.98. The topological polar surface area (TPSA) is 9.23 Å². The molecule has 3 heteroatoms. The number of ether oxygens (including phenoxy) is 1. The van der Waals surface area contributed by atoms with Gasteiger partial charge in [0.15, 0.2) is 0 Å². The van der Waals surface area contributed by atoms with E-state index < -0.39 is 12.2 Å². The number of benzene rings is 1. The summed E-state index contributed by atoms with van der Waals surface area (Å²) in [5.41, 5.74) is 2.19. The predicted molar refractivity (Wildman–Crippen MR) is 84.0 cm³/mol. The van der Waals surface area contributed by atoms with E-state index in [0.717, 1.165) is 11.5 Å². The summed E-state index contributed by atoms with van der Waals surface area (Å²) in [6.07, 6.45) is 3.47. The van der Waals surface area contributed by atoms with Crippen molar-refractivity contribution in [1.82, 2.24) is 0 Å². The zero-order valence-corrected chi connectivity index (χ0v) is 13.3. The van der Waals surface area contributed by atoms with Gasteiger partial charge in [-0.3, -0.25) is 0 Å². The van der Waals surface area contributed by atoms with Crippen molar-refractivity contribution in [3.63, 3.8) is 0 Å². The minimum atomic E-state index is -3.14. The lowest BCUT2D eigenvalue weighted by molar-refractivity contribution is -0.243. The van der Waals surface area contributed by atoms with Crippen LogP contribution >= 0.6 is 0 Å². The lowest BCUT2D eigenvalue weighted by Crippen LogP contribution is -2.28. The summed E-state index contributed by atoms with van der Waals surface area (Å²) in [5.74, 6) is 1.46. The first kappa shape index (κ1) is 15.7. The molecule has 2 aliphatic rings. The normalized spacial score (nSPS) is 31.6. The minimum absolute atomic E-state index is 0.0108. The maximum atomic E-state index is 13.6. The molecule has 1 nitrogen and oxygen atoms in total. The number of alkyl halides is 2. The molecule has 22 heavy (non-hydrogen) atoms. The van der Waals surface area contributed by atoms with Crippen molar-refractivity contribution in [2.24, 2.45) is 5.92 Å². The second-order valence-corrected chi connectivity index (χ2v) is 6.87. The maximum absolute atomic E-state index is 13.6. The van der Waals surface area contributed by atoms with Crippen LogP contribution in [0.25, 0.3) is 0 Å². The number of hydrogen-bond acceptors (Lipinski definition) is 1. The second-order valence-electron chi connectivity index (χ2n) is 6.87. The highest BCUT2D eigenvalue weighted by atomic mass is 19.3. The molecular formula is C19H24F2O. The second kappa shape index (κ2) is 6.11. The highest BCUT2D eigenvalue weighted by Gasteiger charge is 2.39. The minimum Gasteiger partial charge on any atom is -0.308 e. The van der Waals surface area contributed by atoms with Crippen LogP contribution in [0.1, 0.15) is 69.1 Å². The zero-order chi connectivity index (χ0) is 15.7. The Hall–Kier alpha value is -1.22. The summed E-state index contributed by atoms with van der Waals surface area (Å²) >= 11 is 0. The van der Waals surface area contributed by atoms with E-state index in [1.165, 1.54) is 38.2 Å². The molecule has 1 atom stereocenters. The van der Waals surface area contributed by atoms with Crippen molar-refractivity contribution in [2.75, 3.05) is 0 Å². The SMILES string of the molecule is CC1=CCC(c2ccc(C3CCC(C)CC3)cc2)OC1(F)F. The first-order valence-electron chi connectivity index (χ1n) is 8.28. The molecule has 0 amide bonds. The number of hydrogen-bond donors (Lipinski definition) is 0. The Kier molecular flexibility index (Phi) is 4.35. The Balaban J connectivity index is 1.70. The van der Waals surface area contributed by atoms with Gasteiger partial charge in [0.2, 0.25) is 0 Å². The van der Waals surface area contributed by atoms with E-state index in [4.69, 9.17) is 4.74 Å². The molecular weight excluding hydrogens is 282 g/mol. The van der Waals surface area contributed by atoms with E-state index in [1.807, 2.05) is 12.1 Å². The molecule has 0 saturated heterocycles. The smallest absolute Gasteiger partial charge is 0.308 e. The standard InChI is InChI=1S/C19H24F2O/c1-13-3-6-15(7-4-13)16-8-10-17(11-9-16)18-12-5-14(2)19(20,21)22-18/h5,8-11,13,15,18H,3-4,6-7,12H2,1-2H3. The fraction of sp³-hybridized carbons (Fsp3) is 0.579. The number of halogens is 2. The third-order valence-corrected chi connectivity index (χ3v) is 5.18. The molecule has 0 spiro atoms. The van der Waals surface area contributed by atoms with Gasteiger partial charge in [-0.15, -0.1) is 0 Å². The van der Waals surface area contributed by atoms with Crippen LogP contribution in [0.4, 0.5) is 8.78 Å². The van der Waals surface area contributed by atoms with Gasteiger partial charge in [-0.05, 0) is 49.1 Å². The van der Waals surface area contributed by atoms with Crippen LogP contribution in [0.15, 0.2) is 35.9 Å². The summed E-state index contributed by atoms with van der Waals surface area (Å²) in [7, 11) is 0. The molecule has 1 heterocycles. The van der Waals surface area contributed by atoms with E-state index in [1.54, 1.807) is 6.08 Å². The Morgan fingerprint density at radius 3 is 2.18 bits per heavy atom. The third kappa shape index (κ3) is 3.24. The fourth-order valence-corrected chi connectivity index (χ4v) is 3.50. The van der Waals surface area contributed by atoms with Crippen LogP contribution in [0.5, 0.6) is 0 Å². The molecule has 1 aliphatic heterocycles. The van der Waals surface area contributed by atoms with Gasteiger partial charge in [-0.2, -0.15) is 8.78 Å². The van der Waals surface area contributed by atoms with Crippen LogP contribution in [-0.2, 0) is 4.74 Å². The van der Waals surface area contributed by atoms with Gasteiger partial charge in [0.25, 0.3) is 0 Å². The molecule has 1 saturated carbocycles. The molecule has 3 rings (SSSR count). The first-order chi connectivity index (χ1) is 10.5. The molecule has 1 aliphatic carbocycles. The number of rotatable bonds is 2. The molecule has 0 radical (unpaired) electrons. The Bertz CT molecular complexity index is 539. The summed E-state index contributed by atoms with van der Waals surface area (Å²) in [4.78, 5) is 0. The van der Waals surface area contributed by atoms with Crippen LogP contribution in [0.3, 0.4) is 0 Å². The van der Waals surface area contributed by atoms with Gasteiger partial charge in [0.1, 0.15) is 0 Å². The van der Waals surface area contributed by atoms with Gasteiger partial charge >= 0.3 is 6.11 Å². The van der Waals surface area contributed by atoms with Crippen LogP contribution in [0.2, 0.25) is 0 Å². The Labute approximate surface area is 131 Å². The van der Waals surface area contributed by atoms with Gasteiger partial charge in [0, 0.05) is 5.57 Å². The van der Waals surface area contributed by atoms with Gasteiger partial charge in [-0.1, -0.05) is 50.1 Å². The van der Waals surface area contributed by atoms with E-state index >= 15 is 0 Å². The molecule has 0 N–H and O–H groups in total. The monoisotopic (exact) mass is 306 g/mol. The lowest BCUT2D eigenvalue weighted by Gasteiger charge is -2.30. The van der Waals surface area contributed by atoms with Crippen LogP contribution in [-0.4, -0.2) is 6.11 Å². The van der Waals surface area contributed by atoms with Gasteiger partial charge < -0.3 is 4.74 Å². The van der Waals surface area contributed by atoms with Gasteiger partial charge in [-0.25, -0.2) is 0 Å². The van der Waals surface area contributed by atoms with Crippen molar-refractivity contribution in [2.45, 2.75) is 64.1 Å². The highest BCUT2D eigenvalue weighted by Crippen LogP contribution is 2.40. The quantitative estimate of drug-likeness (QED) is 0.611. The van der Waals surface area contributed by atoms with Crippen molar-refractivity contribution < 1.29 is 13.5 Å². The van der Waals surface area contributed by atoms with E-state index in [0.29, 0.717) is 12.3 Å². The average Bonchev–Trinajstić information content (AvgIpc) is 2.51.